The van der Waals surface area contributed by atoms with E-state index in [9.17, 15) is 9.59 Å². The number of rotatable bonds is 6. The van der Waals surface area contributed by atoms with Gasteiger partial charge in [-0.1, -0.05) is 31.5 Å². The standard InChI is InChI=1S/C22H22ClN3O3/c1-12(2)24-7-4-8-26-20-18(15-6-5-13(23)9-16(15)22(26)28)21(27)17-10-14(29-3)11-25-19(17)20/h5-6,9-12,24H,4,7-8H2,1-3H3. The number of hydrogen-bond donors (Lipinski definition) is 1. The Bertz CT molecular complexity index is 1180. The number of methoxy groups -OCH3 is 1. The number of carbonyl (C=O) groups is 1. The van der Waals surface area contributed by atoms with Crippen molar-refractivity contribution in [3.8, 4) is 17.1 Å². The van der Waals surface area contributed by atoms with Crippen LogP contribution in [0.3, 0.4) is 0 Å². The van der Waals surface area contributed by atoms with Crippen LogP contribution < -0.4 is 15.6 Å². The molecule has 6 nitrogen and oxygen atoms in total. The number of ether oxygens (including phenoxy) is 1. The van der Waals surface area contributed by atoms with Gasteiger partial charge in [0.15, 0.2) is 5.78 Å². The lowest BCUT2D eigenvalue weighted by atomic mass is 10.0. The topological polar surface area (TPSA) is 73.2 Å². The Hall–Kier alpha value is -2.70. The van der Waals surface area contributed by atoms with Crippen molar-refractivity contribution in [2.45, 2.75) is 32.9 Å². The maximum absolute atomic E-state index is 13.3. The molecule has 0 amide bonds. The number of nitrogens with one attached hydrogen (secondary N) is 1. The van der Waals surface area contributed by atoms with E-state index in [1.165, 1.54) is 7.11 Å². The molecule has 0 atom stereocenters. The maximum Gasteiger partial charge on any atom is 0.259 e. The minimum absolute atomic E-state index is 0.150. The normalized spacial score (nSPS) is 12.5. The molecule has 0 aliphatic heterocycles. The quantitative estimate of drug-likeness (QED) is 0.490. The van der Waals surface area contributed by atoms with Gasteiger partial charge in [0.2, 0.25) is 0 Å². The molecule has 0 saturated heterocycles. The van der Waals surface area contributed by atoms with Crippen LogP contribution in [-0.4, -0.2) is 35.0 Å². The van der Waals surface area contributed by atoms with Crippen molar-refractivity contribution >= 4 is 28.2 Å². The van der Waals surface area contributed by atoms with E-state index in [1.807, 2.05) is 0 Å². The number of aromatic nitrogens is 2. The van der Waals surface area contributed by atoms with Gasteiger partial charge >= 0.3 is 0 Å². The number of fused-ring (bicyclic) bond motifs is 5. The van der Waals surface area contributed by atoms with Crippen molar-refractivity contribution in [2.75, 3.05) is 13.7 Å². The first-order chi connectivity index (χ1) is 13.9. The Morgan fingerprint density at radius 2 is 2.00 bits per heavy atom. The summed E-state index contributed by atoms with van der Waals surface area (Å²) in [5, 5.41) is 4.87. The Labute approximate surface area is 173 Å². The van der Waals surface area contributed by atoms with Crippen LogP contribution in [0.5, 0.6) is 5.75 Å². The highest BCUT2D eigenvalue weighted by atomic mass is 35.5. The highest BCUT2D eigenvalue weighted by Crippen LogP contribution is 2.39. The minimum atomic E-state index is -0.163. The Morgan fingerprint density at radius 3 is 2.72 bits per heavy atom. The summed E-state index contributed by atoms with van der Waals surface area (Å²) in [6.07, 6.45) is 2.32. The Balaban J connectivity index is 1.93. The number of halogens is 1. The highest BCUT2D eigenvalue weighted by molar-refractivity contribution is 6.32. The summed E-state index contributed by atoms with van der Waals surface area (Å²) in [6, 6.07) is 7.12. The number of nitrogens with zero attached hydrogens (tertiary/aromatic N) is 2. The molecule has 0 radical (unpaired) electrons. The second-order valence-corrected chi connectivity index (χ2v) is 7.87. The van der Waals surface area contributed by atoms with Gasteiger partial charge in [-0.15, -0.1) is 0 Å². The van der Waals surface area contributed by atoms with Gasteiger partial charge in [0.05, 0.1) is 35.8 Å². The van der Waals surface area contributed by atoms with E-state index in [0.29, 0.717) is 56.6 Å². The lowest BCUT2D eigenvalue weighted by Gasteiger charge is -2.15. The van der Waals surface area contributed by atoms with Gasteiger partial charge in [0.1, 0.15) is 5.75 Å². The van der Waals surface area contributed by atoms with Gasteiger partial charge in [-0.2, -0.15) is 0 Å². The first-order valence-corrected chi connectivity index (χ1v) is 9.98. The van der Waals surface area contributed by atoms with Gasteiger partial charge in [0.25, 0.3) is 5.56 Å². The number of pyridine rings is 2. The molecule has 0 fully saturated rings. The molecule has 0 bridgehead atoms. The van der Waals surface area contributed by atoms with Gasteiger partial charge in [0, 0.05) is 28.4 Å². The maximum atomic E-state index is 13.3. The molecular weight excluding hydrogens is 390 g/mol. The largest absolute Gasteiger partial charge is 0.495 e. The van der Waals surface area contributed by atoms with Crippen molar-refractivity contribution < 1.29 is 9.53 Å². The van der Waals surface area contributed by atoms with Crippen LogP contribution in [-0.2, 0) is 6.54 Å². The van der Waals surface area contributed by atoms with E-state index in [0.717, 1.165) is 13.0 Å². The summed E-state index contributed by atoms with van der Waals surface area (Å²) >= 11 is 6.15. The van der Waals surface area contributed by atoms with Crippen molar-refractivity contribution in [3.05, 3.63) is 57.0 Å². The van der Waals surface area contributed by atoms with Crippen LogP contribution in [0.25, 0.3) is 22.2 Å². The molecule has 0 saturated carbocycles. The molecule has 0 unspecified atom stereocenters. The summed E-state index contributed by atoms with van der Waals surface area (Å²) in [5.74, 6) is 0.357. The second-order valence-electron chi connectivity index (χ2n) is 7.43. The molecule has 7 heteroatoms. The molecule has 1 aromatic carbocycles. The fraction of sp³-hybridized carbons (Fsp3) is 0.318. The first kappa shape index (κ1) is 19.6. The molecular formula is C22H22ClN3O3. The molecule has 1 N–H and O–H groups in total. The van der Waals surface area contributed by atoms with E-state index >= 15 is 0 Å². The van der Waals surface area contributed by atoms with Gasteiger partial charge in [-0.3, -0.25) is 14.6 Å². The number of carbonyl (C=O) groups excluding carboxylic acids is 1. The van der Waals surface area contributed by atoms with E-state index in [1.54, 1.807) is 35.0 Å². The lowest BCUT2D eigenvalue weighted by Crippen LogP contribution is -2.28. The summed E-state index contributed by atoms with van der Waals surface area (Å²) < 4.78 is 6.90. The van der Waals surface area contributed by atoms with Crippen LogP contribution in [0.2, 0.25) is 5.02 Å². The monoisotopic (exact) mass is 411 g/mol. The van der Waals surface area contributed by atoms with Crippen molar-refractivity contribution in [1.82, 2.24) is 14.9 Å². The van der Waals surface area contributed by atoms with Crippen LogP contribution in [0.4, 0.5) is 0 Å². The average molecular weight is 412 g/mol. The third-order valence-electron chi connectivity index (χ3n) is 5.14. The molecule has 29 heavy (non-hydrogen) atoms. The molecule has 150 valence electrons. The Morgan fingerprint density at radius 1 is 1.21 bits per heavy atom. The van der Waals surface area contributed by atoms with Gasteiger partial charge in [-0.05, 0) is 31.2 Å². The van der Waals surface area contributed by atoms with Crippen LogP contribution in [0.1, 0.15) is 36.2 Å². The molecule has 1 aliphatic carbocycles. The molecule has 0 spiro atoms. The zero-order valence-corrected chi connectivity index (χ0v) is 17.3. The smallest absolute Gasteiger partial charge is 0.259 e. The third-order valence-corrected chi connectivity index (χ3v) is 5.37. The minimum Gasteiger partial charge on any atom is -0.495 e. The third kappa shape index (κ3) is 3.32. The molecule has 2 heterocycles. The number of benzene rings is 1. The van der Waals surface area contributed by atoms with E-state index in [4.69, 9.17) is 16.3 Å². The van der Waals surface area contributed by atoms with Crippen molar-refractivity contribution in [1.29, 1.82) is 0 Å². The molecule has 3 aromatic rings. The number of ketones is 1. The van der Waals surface area contributed by atoms with Crippen molar-refractivity contribution in [3.63, 3.8) is 0 Å². The summed E-state index contributed by atoms with van der Waals surface area (Å²) in [5.41, 5.74) is 1.90. The molecule has 2 aromatic heterocycles. The molecule has 4 rings (SSSR count). The summed E-state index contributed by atoms with van der Waals surface area (Å²) in [7, 11) is 1.53. The van der Waals surface area contributed by atoms with Gasteiger partial charge in [-0.25, -0.2) is 0 Å². The molecule has 1 aliphatic rings. The van der Waals surface area contributed by atoms with E-state index in [2.05, 4.69) is 24.1 Å². The fourth-order valence-corrected chi connectivity index (χ4v) is 3.96. The second kappa shape index (κ2) is 7.61. The van der Waals surface area contributed by atoms with E-state index in [-0.39, 0.29) is 11.3 Å². The van der Waals surface area contributed by atoms with Crippen molar-refractivity contribution in [2.24, 2.45) is 0 Å². The first-order valence-electron chi connectivity index (χ1n) is 9.61. The number of hydrogen-bond acceptors (Lipinski definition) is 5. The summed E-state index contributed by atoms with van der Waals surface area (Å²) in [4.78, 5) is 31.1. The predicted molar refractivity (Wildman–Crippen MR) is 114 cm³/mol. The zero-order valence-electron chi connectivity index (χ0n) is 16.6. The van der Waals surface area contributed by atoms with Crippen LogP contribution in [0, 0.1) is 0 Å². The van der Waals surface area contributed by atoms with Crippen LogP contribution >= 0.6 is 11.6 Å². The van der Waals surface area contributed by atoms with Crippen LogP contribution in [0.15, 0.2) is 35.3 Å². The Kier molecular flexibility index (Phi) is 5.15. The zero-order chi connectivity index (χ0) is 20.7. The SMILES string of the molecule is COc1cnc2c(c1)C(=O)c1c-2n(CCCNC(C)C)c(=O)c2cc(Cl)ccc12. The highest BCUT2D eigenvalue weighted by Gasteiger charge is 2.34. The van der Waals surface area contributed by atoms with Gasteiger partial charge < -0.3 is 14.6 Å². The predicted octanol–water partition coefficient (Wildman–Crippen LogP) is 3.66. The summed E-state index contributed by atoms with van der Waals surface area (Å²) in [6.45, 7) is 5.40. The lowest BCUT2D eigenvalue weighted by molar-refractivity contribution is 0.104. The average Bonchev–Trinajstić information content (AvgIpc) is 2.99. The fourth-order valence-electron chi connectivity index (χ4n) is 3.79. The van der Waals surface area contributed by atoms with E-state index < -0.39 is 0 Å².